The molecule has 2 heterocycles. The number of nitrogens with zero attached hydrogens (tertiary/aromatic N) is 1. The molecule has 0 bridgehead atoms. The first kappa shape index (κ1) is 8.94. The van der Waals surface area contributed by atoms with Gasteiger partial charge in [-0.25, -0.2) is 0 Å². The molecule has 1 aliphatic rings. The van der Waals surface area contributed by atoms with E-state index in [1.165, 1.54) is 0 Å². The molecule has 1 N–H and O–H groups in total. The van der Waals surface area contributed by atoms with Crippen LogP contribution >= 0.6 is 0 Å². The Morgan fingerprint density at radius 1 is 1.57 bits per heavy atom. The number of rotatable bonds is 2. The molecule has 1 unspecified atom stereocenters. The zero-order chi connectivity index (χ0) is 9.80. The minimum atomic E-state index is 0.0143. The van der Waals surface area contributed by atoms with Crippen LogP contribution in [-0.4, -0.2) is 17.3 Å². The van der Waals surface area contributed by atoms with Gasteiger partial charge in [0.1, 0.15) is 0 Å². The lowest BCUT2D eigenvalue weighted by molar-refractivity contribution is 0.0937. The monoisotopic (exact) mass is 188 g/mol. The molecule has 0 aromatic carbocycles. The second kappa shape index (κ2) is 4.05. The van der Waals surface area contributed by atoms with E-state index in [2.05, 4.69) is 10.3 Å². The second-order valence-corrected chi connectivity index (χ2v) is 3.31. The highest BCUT2D eigenvalue weighted by atomic mass is 16.1. The number of hydrogen-bond acceptors (Lipinski definition) is 3. The van der Waals surface area contributed by atoms with Gasteiger partial charge in [0.2, 0.25) is 0 Å². The van der Waals surface area contributed by atoms with Crippen LogP contribution in [0.2, 0.25) is 0 Å². The summed E-state index contributed by atoms with van der Waals surface area (Å²) >= 11 is 0. The number of hydrogen-bond donors (Lipinski definition) is 1. The largest absolute Gasteiger partial charge is 0.391 e. The Hall–Kier alpha value is -1.64. The molecule has 0 spiro atoms. The van der Waals surface area contributed by atoms with Crippen molar-refractivity contribution in [3.8, 4) is 0 Å². The summed E-state index contributed by atoms with van der Waals surface area (Å²) < 4.78 is 0. The van der Waals surface area contributed by atoms with Crippen LogP contribution in [0.5, 0.6) is 0 Å². The summed E-state index contributed by atoms with van der Waals surface area (Å²) in [6.45, 7) is 0.868. The highest BCUT2D eigenvalue weighted by Crippen LogP contribution is 2.14. The van der Waals surface area contributed by atoms with Crippen LogP contribution in [0.3, 0.4) is 0 Å². The number of ketones is 1. The number of allylic oxidation sites excluding steroid dienone is 1. The van der Waals surface area contributed by atoms with E-state index in [-0.39, 0.29) is 11.7 Å². The number of pyridine rings is 1. The van der Waals surface area contributed by atoms with E-state index in [0.717, 1.165) is 13.0 Å². The van der Waals surface area contributed by atoms with Crippen molar-refractivity contribution in [1.29, 1.82) is 0 Å². The van der Waals surface area contributed by atoms with Gasteiger partial charge in [-0.15, -0.1) is 0 Å². The lowest BCUT2D eigenvalue weighted by Crippen LogP contribution is -2.23. The lowest BCUT2D eigenvalue weighted by atomic mass is 9.94. The number of nitrogens with one attached hydrogen (secondary N) is 1. The predicted molar refractivity (Wildman–Crippen MR) is 53.8 cm³/mol. The standard InChI is InChI=1S/C11H12N2O/c14-11(9-3-6-12-7-4-9)10-2-1-5-13-8-10/h1-3,5-6,8-9,12H,4,7H2. The van der Waals surface area contributed by atoms with Crippen LogP contribution in [-0.2, 0) is 0 Å². The quantitative estimate of drug-likeness (QED) is 0.713. The molecule has 3 heteroatoms. The van der Waals surface area contributed by atoms with Gasteiger partial charge in [-0.1, -0.05) is 6.08 Å². The van der Waals surface area contributed by atoms with Crippen LogP contribution in [0.1, 0.15) is 16.8 Å². The van der Waals surface area contributed by atoms with Gasteiger partial charge in [0.15, 0.2) is 5.78 Å². The predicted octanol–water partition coefficient (Wildman–Crippen LogP) is 1.39. The first-order valence-corrected chi connectivity index (χ1v) is 4.72. The number of carbonyl (C=O) groups excluding carboxylic acids is 1. The smallest absolute Gasteiger partial charge is 0.171 e. The maximum atomic E-state index is 11.9. The van der Waals surface area contributed by atoms with Crippen LogP contribution in [0, 0.1) is 5.92 Å². The Bertz CT molecular complexity index is 346. The fraction of sp³-hybridized carbons (Fsp3) is 0.273. The normalized spacial score (nSPS) is 20.1. The summed E-state index contributed by atoms with van der Waals surface area (Å²) in [5.41, 5.74) is 0.698. The van der Waals surface area contributed by atoms with Gasteiger partial charge in [-0.05, 0) is 24.8 Å². The van der Waals surface area contributed by atoms with Crippen molar-refractivity contribution in [3.05, 3.63) is 42.4 Å². The SMILES string of the molecule is O=C(c1cccnc1)C1C=CNCC1. The molecule has 3 nitrogen and oxygen atoms in total. The summed E-state index contributed by atoms with van der Waals surface area (Å²) in [4.78, 5) is 15.8. The third-order valence-electron chi connectivity index (χ3n) is 2.33. The van der Waals surface area contributed by atoms with Crippen molar-refractivity contribution in [1.82, 2.24) is 10.3 Å². The maximum Gasteiger partial charge on any atom is 0.171 e. The molecule has 1 aromatic heterocycles. The van der Waals surface area contributed by atoms with Gasteiger partial charge in [0.05, 0.1) is 0 Å². The Labute approximate surface area is 82.9 Å². The van der Waals surface area contributed by atoms with Gasteiger partial charge in [-0.3, -0.25) is 9.78 Å². The molecule has 0 aliphatic carbocycles. The topological polar surface area (TPSA) is 42.0 Å². The summed E-state index contributed by atoms with van der Waals surface area (Å²) in [6.07, 6.45) is 7.93. The van der Waals surface area contributed by atoms with Crippen molar-refractivity contribution in [2.75, 3.05) is 6.54 Å². The van der Waals surface area contributed by atoms with E-state index in [1.807, 2.05) is 18.3 Å². The summed E-state index contributed by atoms with van der Waals surface area (Å²) in [6, 6.07) is 3.60. The molecule has 2 rings (SSSR count). The third kappa shape index (κ3) is 1.82. The van der Waals surface area contributed by atoms with E-state index >= 15 is 0 Å². The van der Waals surface area contributed by atoms with Crippen LogP contribution in [0.25, 0.3) is 0 Å². The highest BCUT2D eigenvalue weighted by molar-refractivity contribution is 5.98. The van der Waals surface area contributed by atoms with E-state index in [1.54, 1.807) is 18.5 Å². The molecule has 0 fully saturated rings. The molecule has 1 aliphatic heterocycles. The minimum Gasteiger partial charge on any atom is -0.391 e. The molecule has 0 saturated carbocycles. The molecule has 72 valence electrons. The summed E-state index contributed by atoms with van der Waals surface area (Å²) in [5, 5.41) is 3.07. The van der Waals surface area contributed by atoms with Gasteiger partial charge < -0.3 is 5.32 Å². The van der Waals surface area contributed by atoms with Gasteiger partial charge >= 0.3 is 0 Å². The van der Waals surface area contributed by atoms with E-state index in [4.69, 9.17) is 0 Å². The van der Waals surface area contributed by atoms with Gasteiger partial charge in [0.25, 0.3) is 0 Å². The fourth-order valence-corrected chi connectivity index (χ4v) is 1.54. The lowest BCUT2D eigenvalue weighted by Gasteiger charge is -2.15. The van der Waals surface area contributed by atoms with Crippen molar-refractivity contribution >= 4 is 5.78 Å². The van der Waals surface area contributed by atoms with Crippen LogP contribution in [0.15, 0.2) is 36.8 Å². The highest BCUT2D eigenvalue weighted by Gasteiger charge is 2.18. The molecule has 14 heavy (non-hydrogen) atoms. The average Bonchev–Trinajstić information content (AvgIpc) is 2.30. The summed E-state index contributed by atoms with van der Waals surface area (Å²) in [5.74, 6) is 0.177. The first-order chi connectivity index (χ1) is 6.88. The molecular weight excluding hydrogens is 176 g/mol. The maximum absolute atomic E-state index is 11.9. The Morgan fingerprint density at radius 2 is 2.50 bits per heavy atom. The zero-order valence-corrected chi connectivity index (χ0v) is 7.81. The first-order valence-electron chi connectivity index (χ1n) is 4.72. The Morgan fingerprint density at radius 3 is 3.14 bits per heavy atom. The minimum absolute atomic E-state index is 0.0143. The zero-order valence-electron chi connectivity index (χ0n) is 7.81. The van der Waals surface area contributed by atoms with E-state index in [0.29, 0.717) is 5.56 Å². The van der Waals surface area contributed by atoms with Crippen molar-refractivity contribution in [3.63, 3.8) is 0 Å². The van der Waals surface area contributed by atoms with Gasteiger partial charge in [-0.2, -0.15) is 0 Å². The molecule has 1 aromatic rings. The Balaban J connectivity index is 2.16. The molecule has 0 saturated heterocycles. The molecular formula is C11H12N2O. The molecule has 1 atom stereocenters. The number of Topliss-reactive ketones (excluding diaryl/α,β-unsaturated/α-hetero) is 1. The third-order valence-corrected chi connectivity index (χ3v) is 2.33. The fourth-order valence-electron chi connectivity index (χ4n) is 1.54. The summed E-state index contributed by atoms with van der Waals surface area (Å²) in [7, 11) is 0. The number of carbonyl (C=O) groups is 1. The van der Waals surface area contributed by atoms with Crippen molar-refractivity contribution in [2.24, 2.45) is 5.92 Å². The van der Waals surface area contributed by atoms with Crippen LogP contribution < -0.4 is 5.32 Å². The second-order valence-electron chi connectivity index (χ2n) is 3.31. The van der Waals surface area contributed by atoms with E-state index < -0.39 is 0 Å². The van der Waals surface area contributed by atoms with Gasteiger partial charge in [0, 0.05) is 30.4 Å². The van der Waals surface area contributed by atoms with E-state index in [9.17, 15) is 4.79 Å². The average molecular weight is 188 g/mol. The number of aromatic nitrogens is 1. The molecule has 0 amide bonds. The van der Waals surface area contributed by atoms with Crippen molar-refractivity contribution < 1.29 is 4.79 Å². The Kier molecular flexibility index (Phi) is 2.58. The van der Waals surface area contributed by atoms with Crippen LogP contribution in [0.4, 0.5) is 0 Å². The molecule has 0 radical (unpaired) electrons. The van der Waals surface area contributed by atoms with Crippen molar-refractivity contribution in [2.45, 2.75) is 6.42 Å².